The highest BCUT2D eigenvalue weighted by molar-refractivity contribution is 6.33. The number of hydrogen-bond donors (Lipinski definition) is 2. The lowest BCUT2D eigenvalue weighted by Gasteiger charge is -2.16. The van der Waals surface area contributed by atoms with E-state index in [1.165, 1.54) is 6.20 Å². The quantitative estimate of drug-likeness (QED) is 0.842. The number of nitrogens with zero attached hydrogens (tertiary/aromatic N) is 1. The molecule has 4 nitrogen and oxygen atoms in total. The SMILES string of the molecule is O=C(NC1CCCNCC1)c1ccncc1Cl. The maximum Gasteiger partial charge on any atom is 0.253 e. The van der Waals surface area contributed by atoms with Crippen molar-refractivity contribution in [2.75, 3.05) is 13.1 Å². The second-order valence-corrected chi connectivity index (χ2v) is 4.61. The van der Waals surface area contributed by atoms with E-state index in [9.17, 15) is 4.79 Å². The van der Waals surface area contributed by atoms with Crippen molar-refractivity contribution in [1.82, 2.24) is 15.6 Å². The molecule has 0 aliphatic carbocycles. The van der Waals surface area contributed by atoms with Gasteiger partial charge in [-0.1, -0.05) is 11.6 Å². The van der Waals surface area contributed by atoms with Gasteiger partial charge in [0.05, 0.1) is 10.6 Å². The maximum atomic E-state index is 12.0. The van der Waals surface area contributed by atoms with Crippen LogP contribution in [0.1, 0.15) is 29.6 Å². The summed E-state index contributed by atoms with van der Waals surface area (Å²) in [4.78, 5) is 15.9. The van der Waals surface area contributed by atoms with Crippen LogP contribution in [0.2, 0.25) is 5.02 Å². The summed E-state index contributed by atoms with van der Waals surface area (Å²) in [5, 5.41) is 6.74. The van der Waals surface area contributed by atoms with Gasteiger partial charge in [0.25, 0.3) is 5.91 Å². The molecule has 1 aromatic heterocycles. The summed E-state index contributed by atoms with van der Waals surface area (Å²) < 4.78 is 0. The monoisotopic (exact) mass is 253 g/mol. The zero-order valence-corrected chi connectivity index (χ0v) is 10.3. The second-order valence-electron chi connectivity index (χ2n) is 4.21. The molecule has 0 spiro atoms. The van der Waals surface area contributed by atoms with Crippen LogP contribution in [-0.4, -0.2) is 30.0 Å². The lowest BCUT2D eigenvalue weighted by molar-refractivity contribution is 0.0934. The average Bonchev–Trinajstić information content (AvgIpc) is 2.58. The molecule has 1 aliphatic rings. The van der Waals surface area contributed by atoms with Gasteiger partial charge in [-0.05, 0) is 38.4 Å². The topological polar surface area (TPSA) is 54.0 Å². The third kappa shape index (κ3) is 3.41. The first-order chi connectivity index (χ1) is 8.27. The van der Waals surface area contributed by atoms with Gasteiger partial charge in [-0.15, -0.1) is 0 Å². The van der Waals surface area contributed by atoms with Crippen molar-refractivity contribution in [3.63, 3.8) is 0 Å². The highest BCUT2D eigenvalue weighted by Gasteiger charge is 2.16. The number of pyridine rings is 1. The van der Waals surface area contributed by atoms with Gasteiger partial charge in [0, 0.05) is 18.4 Å². The van der Waals surface area contributed by atoms with Crippen LogP contribution in [0, 0.1) is 0 Å². The smallest absolute Gasteiger partial charge is 0.253 e. The highest BCUT2D eigenvalue weighted by atomic mass is 35.5. The Kier molecular flexibility index (Phi) is 4.34. The van der Waals surface area contributed by atoms with Crippen molar-refractivity contribution in [2.45, 2.75) is 25.3 Å². The zero-order valence-electron chi connectivity index (χ0n) is 9.58. The molecule has 2 rings (SSSR count). The Morgan fingerprint density at radius 1 is 1.47 bits per heavy atom. The number of carbonyl (C=O) groups is 1. The fourth-order valence-electron chi connectivity index (χ4n) is 1.99. The van der Waals surface area contributed by atoms with Crippen LogP contribution in [0.15, 0.2) is 18.5 Å². The molecule has 0 aromatic carbocycles. The summed E-state index contributed by atoms with van der Waals surface area (Å²) in [6.07, 6.45) is 6.14. The van der Waals surface area contributed by atoms with Crippen LogP contribution in [0.3, 0.4) is 0 Å². The molecule has 0 radical (unpaired) electrons. The Bertz CT molecular complexity index is 389. The molecule has 1 fully saturated rings. The Morgan fingerprint density at radius 3 is 3.18 bits per heavy atom. The van der Waals surface area contributed by atoms with Crippen LogP contribution in [-0.2, 0) is 0 Å². The third-order valence-corrected chi connectivity index (χ3v) is 3.23. The first-order valence-corrected chi connectivity index (χ1v) is 6.26. The molecule has 1 aliphatic heterocycles. The Labute approximate surface area is 106 Å². The van der Waals surface area contributed by atoms with Crippen LogP contribution in [0.5, 0.6) is 0 Å². The fourth-order valence-corrected chi connectivity index (χ4v) is 2.19. The molecule has 0 bridgehead atoms. The van der Waals surface area contributed by atoms with Gasteiger partial charge < -0.3 is 10.6 Å². The van der Waals surface area contributed by atoms with Gasteiger partial charge in [-0.2, -0.15) is 0 Å². The molecular weight excluding hydrogens is 238 g/mol. The van der Waals surface area contributed by atoms with E-state index < -0.39 is 0 Å². The van der Waals surface area contributed by atoms with E-state index in [0.717, 1.165) is 32.4 Å². The van der Waals surface area contributed by atoms with Gasteiger partial charge in [0.15, 0.2) is 0 Å². The molecule has 1 aromatic rings. The Balaban J connectivity index is 1.98. The minimum absolute atomic E-state index is 0.107. The molecule has 1 amide bonds. The summed E-state index contributed by atoms with van der Waals surface area (Å²) in [5.41, 5.74) is 0.499. The van der Waals surface area contributed by atoms with Gasteiger partial charge in [0.1, 0.15) is 0 Å². The van der Waals surface area contributed by atoms with Crippen molar-refractivity contribution in [1.29, 1.82) is 0 Å². The van der Waals surface area contributed by atoms with Crippen molar-refractivity contribution >= 4 is 17.5 Å². The first kappa shape index (κ1) is 12.3. The molecular formula is C12H16ClN3O. The number of carbonyl (C=O) groups excluding carboxylic acids is 1. The minimum Gasteiger partial charge on any atom is -0.349 e. The molecule has 5 heteroatoms. The van der Waals surface area contributed by atoms with E-state index in [4.69, 9.17) is 11.6 Å². The highest BCUT2D eigenvalue weighted by Crippen LogP contribution is 2.14. The number of aromatic nitrogens is 1. The summed E-state index contributed by atoms with van der Waals surface area (Å²) in [6, 6.07) is 1.88. The van der Waals surface area contributed by atoms with Crippen LogP contribution >= 0.6 is 11.6 Å². The van der Waals surface area contributed by atoms with E-state index in [0.29, 0.717) is 10.6 Å². The molecule has 2 heterocycles. The second kappa shape index (κ2) is 5.98. The summed E-state index contributed by atoms with van der Waals surface area (Å²) in [5.74, 6) is -0.107. The lowest BCUT2D eigenvalue weighted by Crippen LogP contribution is -2.35. The van der Waals surface area contributed by atoms with Crippen LogP contribution in [0.4, 0.5) is 0 Å². The molecule has 1 atom stereocenters. The normalized spacial score (nSPS) is 20.6. The van der Waals surface area contributed by atoms with Crippen molar-refractivity contribution < 1.29 is 4.79 Å². The Morgan fingerprint density at radius 2 is 2.35 bits per heavy atom. The predicted octanol–water partition coefficient (Wildman–Crippen LogP) is 1.61. The van der Waals surface area contributed by atoms with E-state index >= 15 is 0 Å². The zero-order chi connectivity index (χ0) is 12.1. The largest absolute Gasteiger partial charge is 0.349 e. The van der Waals surface area contributed by atoms with E-state index in [1.54, 1.807) is 12.3 Å². The number of hydrogen-bond acceptors (Lipinski definition) is 3. The number of nitrogens with one attached hydrogen (secondary N) is 2. The number of amides is 1. The third-order valence-electron chi connectivity index (χ3n) is 2.93. The minimum atomic E-state index is -0.107. The van der Waals surface area contributed by atoms with Crippen LogP contribution < -0.4 is 10.6 Å². The fraction of sp³-hybridized carbons (Fsp3) is 0.500. The molecule has 1 saturated heterocycles. The van der Waals surface area contributed by atoms with Crippen molar-refractivity contribution in [3.8, 4) is 0 Å². The molecule has 1 unspecified atom stereocenters. The van der Waals surface area contributed by atoms with Gasteiger partial charge in [-0.3, -0.25) is 9.78 Å². The van der Waals surface area contributed by atoms with Crippen molar-refractivity contribution in [2.24, 2.45) is 0 Å². The summed E-state index contributed by atoms with van der Waals surface area (Å²) in [7, 11) is 0. The molecule has 17 heavy (non-hydrogen) atoms. The summed E-state index contributed by atoms with van der Waals surface area (Å²) >= 11 is 5.93. The van der Waals surface area contributed by atoms with Gasteiger partial charge in [-0.25, -0.2) is 0 Å². The number of rotatable bonds is 2. The van der Waals surface area contributed by atoms with E-state index in [-0.39, 0.29) is 11.9 Å². The molecule has 2 N–H and O–H groups in total. The first-order valence-electron chi connectivity index (χ1n) is 5.88. The Hall–Kier alpha value is -1.13. The van der Waals surface area contributed by atoms with E-state index in [1.807, 2.05) is 0 Å². The van der Waals surface area contributed by atoms with Crippen LogP contribution in [0.25, 0.3) is 0 Å². The summed E-state index contributed by atoms with van der Waals surface area (Å²) in [6.45, 7) is 1.98. The predicted molar refractivity (Wildman–Crippen MR) is 67.2 cm³/mol. The number of halogens is 1. The van der Waals surface area contributed by atoms with Gasteiger partial charge in [0.2, 0.25) is 0 Å². The van der Waals surface area contributed by atoms with Gasteiger partial charge >= 0.3 is 0 Å². The lowest BCUT2D eigenvalue weighted by atomic mass is 10.1. The average molecular weight is 254 g/mol. The standard InChI is InChI=1S/C12H16ClN3O/c13-11-8-15-7-4-10(11)12(17)16-9-2-1-5-14-6-3-9/h4,7-9,14H,1-3,5-6H2,(H,16,17). The molecule has 0 saturated carbocycles. The van der Waals surface area contributed by atoms with Crippen molar-refractivity contribution in [3.05, 3.63) is 29.0 Å². The molecule has 92 valence electrons. The maximum absolute atomic E-state index is 12.0. The van der Waals surface area contributed by atoms with E-state index in [2.05, 4.69) is 15.6 Å².